The molecule has 0 atom stereocenters. The molecule has 0 saturated carbocycles. The lowest BCUT2D eigenvalue weighted by Crippen LogP contribution is -2.04. The summed E-state index contributed by atoms with van der Waals surface area (Å²) in [4.78, 5) is 0. The summed E-state index contributed by atoms with van der Waals surface area (Å²) in [5.41, 5.74) is 6.13. The van der Waals surface area contributed by atoms with Crippen LogP contribution in [0.25, 0.3) is 0 Å². The number of benzene rings is 1. The molecule has 0 unspecified atom stereocenters. The van der Waals surface area contributed by atoms with Crippen molar-refractivity contribution in [3.05, 3.63) is 53.2 Å². The predicted molar refractivity (Wildman–Crippen MR) is 60.7 cm³/mol. The fourth-order valence-electron chi connectivity index (χ4n) is 1.49. The summed E-state index contributed by atoms with van der Waals surface area (Å²) in [5, 5.41) is 7.53. The molecule has 1 aromatic heterocycles. The van der Waals surface area contributed by atoms with Crippen LogP contribution in [0.1, 0.15) is 16.8 Å². The van der Waals surface area contributed by atoms with E-state index in [9.17, 15) is 13.2 Å². The maximum Gasteiger partial charge on any atom is 0.416 e. The number of nitrogens with zero attached hydrogens (tertiary/aromatic N) is 2. The Labute approximate surface area is 101 Å². The van der Waals surface area contributed by atoms with Crippen molar-refractivity contribution >= 4 is 5.82 Å². The minimum Gasteiger partial charge on any atom is -0.382 e. The van der Waals surface area contributed by atoms with E-state index in [-0.39, 0.29) is 0 Å². The second kappa shape index (κ2) is 4.64. The molecular formula is C12H10F3N3. The van der Waals surface area contributed by atoms with Crippen molar-refractivity contribution < 1.29 is 13.2 Å². The number of nitrogen functional groups attached to an aromatic ring is 1. The first-order chi connectivity index (χ1) is 8.45. The Morgan fingerprint density at radius 3 is 2.11 bits per heavy atom. The number of halogens is 3. The van der Waals surface area contributed by atoms with E-state index in [1.54, 1.807) is 12.1 Å². The number of hydrogen-bond acceptors (Lipinski definition) is 3. The maximum absolute atomic E-state index is 12.4. The zero-order chi connectivity index (χ0) is 13.2. The summed E-state index contributed by atoms with van der Waals surface area (Å²) in [7, 11) is 0. The monoisotopic (exact) mass is 253 g/mol. The largest absolute Gasteiger partial charge is 0.416 e. The van der Waals surface area contributed by atoms with E-state index in [1.807, 2.05) is 0 Å². The van der Waals surface area contributed by atoms with Crippen LogP contribution in [0.5, 0.6) is 0 Å². The van der Waals surface area contributed by atoms with Gasteiger partial charge in [-0.2, -0.15) is 18.3 Å². The average molecular weight is 253 g/mol. The summed E-state index contributed by atoms with van der Waals surface area (Å²) < 4.78 is 37.1. The van der Waals surface area contributed by atoms with E-state index in [1.165, 1.54) is 12.1 Å². The molecule has 18 heavy (non-hydrogen) atoms. The third-order valence-electron chi connectivity index (χ3n) is 2.41. The van der Waals surface area contributed by atoms with Crippen molar-refractivity contribution in [1.29, 1.82) is 0 Å². The van der Waals surface area contributed by atoms with Crippen LogP contribution in [-0.4, -0.2) is 10.2 Å². The molecule has 0 spiro atoms. The molecular weight excluding hydrogens is 243 g/mol. The zero-order valence-electron chi connectivity index (χ0n) is 9.28. The van der Waals surface area contributed by atoms with Gasteiger partial charge in [0.15, 0.2) is 0 Å². The van der Waals surface area contributed by atoms with Crippen molar-refractivity contribution in [1.82, 2.24) is 10.2 Å². The summed E-state index contributed by atoms with van der Waals surface area (Å²) in [6, 6.07) is 8.27. The highest BCUT2D eigenvalue weighted by atomic mass is 19.4. The maximum atomic E-state index is 12.4. The molecule has 0 aliphatic carbocycles. The molecule has 0 aliphatic heterocycles. The molecule has 3 nitrogen and oxygen atoms in total. The van der Waals surface area contributed by atoms with Crippen molar-refractivity contribution in [2.45, 2.75) is 12.6 Å². The molecule has 1 aromatic carbocycles. The lowest BCUT2D eigenvalue weighted by molar-refractivity contribution is -0.137. The molecule has 94 valence electrons. The van der Waals surface area contributed by atoms with Gasteiger partial charge in [-0.15, -0.1) is 5.10 Å². The fraction of sp³-hybridized carbons (Fsp3) is 0.167. The summed E-state index contributed by atoms with van der Waals surface area (Å²) >= 11 is 0. The molecule has 0 radical (unpaired) electrons. The van der Waals surface area contributed by atoms with Gasteiger partial charge in [-0.1, -0.05) is 12.1 Å². The van der Waals surface area contributed by atoms with Crippen LogP contribution in [0.4, 0.5) is 19.0 Å². The average Bonchev–Trinajstić information content (AvgIpc) is 2.32. The quantitative estimate of drug-likeness (QED) is 0.895. The highest BCUT2D eigenvalue weighted by molar-refractivity contribution is 5.30. The van der Waals surface area contributed by atoms with E-state index in [2.05, 4.69) is 10.2 Å². The molecule has 1 heterocycles. The lowest BCUT2D eigenvalue weighted by Gasteiger charge is -2.07. The van der Waals surface area contributed by atoms with Gasteiger partial charge in [-0.05, 0) is 29.8 Å². The topological polar surface area (TPSA) is 51.8 Å². The van der Waals surface area contributed by atoms with E-state index in [0.717, 1.165) is 17.7 Å². The van der Waals surface area contributed by atoms with Gasteiger partial charge >= 0.3 is 6.18 Å². The number of anilines is 1. The number of hydrogen-bond donors (Lipinski definition) is 1. The minimum absolute atomic E-state index is 0.311. The van der Waals surface area contributed by atoms with Crippen LogP contribution in [0.2, 0.25) is 0 Å². The van der Waals surface area contributed by atoms with Crippen molar-refractivity contribution in [2.75, 3.05) is 5.73 Å². The second-order valence-electron chi connectivity index (χ2n) is 3.82. The molecule has 2 rings (SSSR count). The van der Waals surface area contributed by atoms with Gasteiger partial charge in [0.1, 0.15) is 5.82 Å². The van der Waals surface area contributed by atoms with E-state index < -0.39 is 11.7 Å². The Kier molecular flexibility index (Phi) is 3.18. The molecule has 6 heteroatoms. The highest BCUT2D eigenvalue weighted by Crippen LogP contribution is 2.29. The summed E-state index contributed by atoms with van der Waals surface area (Å²) in [6.07, 6.45) is -3.88. The summed E-state index contributed by atoms with van der Waals surface area (Å²) in [5.74, 6) is 0.311. The van der Waals surface area contributed by atoms with Crippen LogP contribution in [0.15, 0.2) is 36.4 Å². The molecule has 0 aliphatic rings. The Morgan fingerprint density at radius 1 is 0.944 bits per heavy atom. The van der Waals surface area contributed by atoms with Gasteiger partial charge in [0.2, 0.25) is 0 Å². The zero-order valence-corrected chi connectivity index (χ0v) is 9.28. The smallest absolute Gasteiger partial charge is 0.382 e. The van der Waals surface area contributed by atoms with Crippen molar-refractivity contribution in [2.24, 2.45) is 0 Å². The highest BCUT2D eigenvalue weighted by Gasteiger charge is 2.29. The number of aromatic nitrogens is 2. The Bertz CT molecular complexity index is 518. The Balaban J connectivity index is 2.13. The summed E-state index contributed by atoms with van der Waals surface area (Å²) in [6.45, 7) is 0. The first-order valence-corrected chi connectivity index (χ1v) is 5.19. The molecule has 0 fully saturated rings. The van der Waals surface area contributed by atoms with Crippen LogP contribution in [0.3, 0.4) is 0 Å². The van der Waals surface area contributed by atoms with E-state index in [4.69, 9.17) is 5.73 Å². The molecule has 2 aromatic rings. The van der Waals surface area contributed by atoms with Crippen molar-refractivity contribution in [3.8, 4) is 0 Å². The van der Waals surface area contributed by atoms with Gasteiger partial charge in [-0.25, -0.2) is 0 Å². The van der Waals surface area contributed by atoms with Gasteiger partial charge in [-0.3, -0.25) is 0 Å². The standard InChI is InChI=1S/C12H10F3N3/c13-12(14,15)9-3-1-8(2-4-9)7-10-5-6-11(16)18-17-10/h1-6H,7H2,(H2,16,18). The normalized spacial score (nSPS) is 11.5. The van der Waals surface area contributed by atoms with Crippen molar-refractivity contribution in [3.63, 3.8) is 0 Å². The Morgan fingerprint density at radius 2 is 1.61 bits per heavy atom. The van der Waals surface area contributed by atoms with Gasteiger partial charge in [0.05, 0.1) is 11.3 Å². The molecule has 0 bridgehead atoms. The first kappa shape index (κ1) is 12.3. The van der Waals surface area contributed by atoms with Crippen LogP contribution in [0, 0.1) is 0 Å². The minimum atomic E-state index is -4.31. The molecule has 0 saturated heterocycles. The van der Waals surface area contributed by atoms with Gasteiger partial charge in [0.25, 0.3) is 0 Å². The second-order valence-corrected chi connectivity index (χ2v) is 3.82. The third-order valence-corrected chi connectivity index (χ3v) is 2.41. The van der Waals surface area contributed by atoms with E-state index >= 15 is 0 Å². The molecule has 0 amide bonds. The van der Waals surface area contributed by atoms with Crippen LogP contribution < -0.4 is 5.73 Å². The fourth-order valence-corrected chi connectivity index (χ4v) is 1.49. The van der Waals surface area contributed by atoms with Crippen LogP contribution in [-0.2, 0) is 12.6 Å². The third kappa shape index (κ3) is 2.97. The number of nitrogens with two attached hydrogens (primary N) is 1. The lowest BCUT2D eigenvalue weighted by atomic mass is 10.1. The number of alkyl halides is 3. The van der Waals surface area contributed by atoms with Crippen LogP contribution >= 0.6 is 0 Å². The Hall–Kier alpha value is -2.11. The first-order valence-electron chi connectivity index (χ1n) is 5.19. The SMILES string of the molecule is Nc1ccc(Cc2ccc(C(F)(F)F)cc2)nn1. The van der Waals surface area contributed by atoms with Gasteiger partial charge in [0, 0.05) is 6.42 Å². The predicted octanol–water partition coefficient (Wildman–Crippen LogP) is 2.67. The molecule has 2 N–H and O–H groups in total. The van der Waals surface area contributed by atoms with Gasteiger partial charge < -0.3 is 5.73 Å². The van der Waals surface area contributed by atoms with E-state index in [0.29, 0.717) is 17.9 Å². The number of rotatable bonds is 2.